The van der Waals surface area contributed by atoms with Crippen LogP contribution < -0.4 is 4.74 Å². The van der Waals surface area contributed by atoms with E-state index >= 15 is 0 Å². The Labute approximate surface area is 187 Å². The van der Waals surface area contributed by atoms with Crippen molar-refractivity contribution in [2.24, 2.45) is 0 Å². The molecule has 3 heterocycles. The molecule has 1 saturated heterocycles. The minimum Gasteiger partial charge on any atom is -0.497 e. The highest BCUT2D eigenvalue weighted by atomic mass is 16.5. The van der Waals surface area contributed by atoms with Gasteiger partial charge in [-0.3, -0.25) is 4.79 Å². The standard InChI is InChI=1S/C26H27N3O3/c1-31-20-7-8-23-21(15-20)22(16-27-23)18-11-13-29(14-12-18)26(30)10-9-25-28-17-24(32-25)19-5-3-2-4-6-19/h2-8,15-18,27H,9-14H2,1H3. The number of hydrogen-bond acceptors (Lipinski definition) is 4. The molecule has 164 valence electrons. The van der Waals surface area contributed by atoms with E-state index in [0.717, 1.165) is 48.5 Å². The van der Waals surface area contributed by atoms with Crippen LogP contribution in [0.15, 0.2) is 65.3 Å². The van der Waals surface area contributed by atoms with Crippen molar-refractivity contribution in [3.05, 3.63) is 72.4 Å². The number of hydrogen-bond donors (Lipinski definition) is 1. The number of nitrogens with one attached hydrogen (secondary N) is 1. The Morgan fingerprint density at radius 3 is 2.78 bits per heavy atom. The molecular weight excluding hydrogens is 402 g/mol. The molecule has 2 aromatic carbocycles. The van der Waals surface area contributed by atoms with E-state index in [9.17, 15) is 4.79 Å². The summed E-state index contributed by atoms with van der Waals surface area (Å²) in [5, 5.41) is 1.22. The number of aryl methyl sites for hydroxylation is 1. The van der Waals surface area contributed by atoms with E-state index in [-0.39, 0.29) is 5.91 Å². The molecule has 0 spiro atoms. The van der Waals surface area contributed by atoms with E-state index < -0.39 is 0 Å². The third-order valence-corrected chi connectivity index (χ3v) is 6.37. The fourth-order valence-corrected chi connectivity index (χ4v) is 4.56. The average molecular weight is 430 g/mol. The normalized spacial score (nSPS) is 14.7. The number of methoxy groups -OCH3 is 1. The lowest BCUT2D eigenvalue weighted by Crippen LogP contribution is -2.38. The van der Waals surface area contributed by atoms with E-state index in [1.165, 1.54) is 10.9 Å². The summed E-state index contributed by atoms with van der Waals surface area (Å²) in [6.45, 7) is 1.56. The summed E-state index contributed by atoms with van der Waals surface area (Å²) in [5.41, 5.74) is 3.44. The van der Waals surface area contributed by atoms with Gasteiger partial charge in [0.05, 0.1) is 13.3 Å². The number of aromatic amines is 1. The van der Waals surface area contributed by atoms with E-state index in [1.54, 1.807) is 13.3 Å². The number of aromatic nitrogens is 2. The first-order chi connectivity index (χ1) is 15.7. The van der Waals surface area contributed by atoms with E-state index in [4.69, 9.17) is 9.15 Å². The van der Waals surface area contributed by atoms with Gasteiger partial charge in [0.15, 0.2) is 11.7 Å². The molecule has 1 N–H and O–H groups in total. The Morgan fingerprint density at radius 1 is 1.19 bits per heavy atom. The van der Waals surface area contributed by atoms with E-state index in [1.807, 2.05) is 41.3 Å². The molecule has 4 aromatic rings. The van der Waals surface area contributed by atoms with Gasteiger partial charge >= 0.3 is 0 Å². The quantitative estimate of drug-likeness (QED) is 0.459. The molecule has 0 bridgehead atoms. The Bertz CT molecular complexity index is 1200. The number of benzene rings is 2. The largest absolute Gasteiger partial charge is 0.497 e. The molecule has 1 aliphatic heterocycles. The number of carbonyl (C=O) groups is 1. The molecule has 0 aliphatic carbocycles. The summed E-state index contributed by atoms with van der Waals surface area (Å²) < 4.78 is 11.2. The molecule has 0 unspecified atom stereocenters. The number of fused-ring (bicyclic) bond motifs is 1. The highest BCUT2D eigenvalue weighted by Gasteiger charge is 2.25. The van der Waals surface area contributed by atoms with Gasteiger partial charge in [0.1, 0.15) is 5.75 Å². The molecule has 6 nitrogen and oxygen atoms in total. The van der Waals surface area contributed by atoms with Crippen LogP contribution in [-0.2, 0) is 11.2 Å². The maximum absolute atomic E-state index is 12.8. The lowest BCUT2D eigenvalue weighted by Gasteiger charge is -2.32. The summed E-state index contributed by atoms with van der Waals surface area (Å²) in [6.07, 6.45) is 6.72. The Morgan fingerprint density at radius 2 is 2.00 bits per heavy atom. The molecule has 32 heavy (non-hydrogen) atoms. The van der Waals surface area contributed by atoms with Crippen LogP contribution in [0.25, 0.3) is 22.2 Å². The predicted octanol–water partition coefficient (Wildman–Crippen LogP) is 5.17. The molecule has 0 radical (unpaired) electrons. The number of nitrogens with zero attached hydrogens (tertiary/aromatic N) is 2. The van der Waals surface area contributed by atoms with Gasteiger partial charge in [0.2, 0.25) is 5.91 Å². The number of likely N-dealkylation sites (tertiary alicyclic amines) is 1. The first kappa shape index (κ1) is 20.4. The van der Waals surface area contributed by atoms with Gasteiger partial charge in [-0.05, 0) is 42.5 Å². The molecule has 1 aliphatic rings. The topological polar surface area (TPSA) is 71.4 Å². The number of amides is 1. The summed E-state index contributed by atoms with van der Waals surface area (Å²) in [4.78, 5) is 22.5. The fourth-order valence-electron chi connectivity index (χ4n) is 4.56. The monoisotopic (exact) mass is 429 g/mol. The van der Waals surface area contributed by atoms with Crippen LogP contribution in [0.2, 0.25) is 0 Å². The first-order valence-corrected chi connectivity index (χ1v) is 11.1. The van der Waals surface area contributed by atoms with Crippen molar-refractivity contribution in [3.8, 4) is 17.1 Å². The zero-order valence-corrected chi connectivity index (χ0v) is 18.2. The number of oxazole rings is 1. The van der Waals surface area contributed by atoms with Crippen LogP contribution in [-0.4, -0.2) is 41.0 Å². The summed E-state index contributed by atoms with van der Waals surface area (Å²) in [6, 6.07) is 16.0. The second kappa shape index (κ2) is 8.91. The summed E-state index contributed by atoms with van der Waals surface area (Å²) in [7, 11) is 1.69. The fraction of sp³-hybridized carbons (Fsp3) is 0.308. The zero-order valence-electron chi connectivity index (χ0n) is 18.2. The van der Waals surface area contributed by atoms with Crippen LogP contribution in [0.5, 0.6) is 5.75 Å². The van der Waals surface area contributed by atoms with Crippen LogP contribution in [0, 0.1) is 0 Å². The minimum atomic E-state index is 0.170. The Kier molecular flexibility index (Phi) is 5.67. The summed E-state index contributed by atoms with van der Waals surface area (Å²) >= 11 is 0. The van der Waals surface area contributed by atoms with Gasteiger partial charge in [0, 0.05) is 48.6 Å². The number of rotatable bonds is 6. The van der Waals surface area contributed by atoms with Gasteiger partial charge in [-0.25, -0.2) is 4.98 Å². The molecule has 5 rings (SSSR count). The third kappa shape index (κ3) is 4.13. The molecular formula is C26H27N3O3. The van der Waals surface area contributed by atoms with E-state index in [2.05, 4.69) is 28.3 Å². The van der Waals surface area contributed by atoms with Crippen LogP contribution >= 0.6 is 0 Å². The smallest absolute Gasteiger partial charge is 0.223 e. The molecule has 1 amide bonds. The van der Waals surface area contributed by atoms with Gasteiger partial charge < -0.3 is 19.0 Å². The molecule has 1 fully saturated rings. The molecule has 2 aromatic heterocycles. The van der Waals surface area contributed by atoms with Crippen molar-refractivity contribution in [1.29, 1.82) is 0 Å². The number of carbonyl (C=O) groups excluding carboxylic acids is 1. The maximum atomic E-state index is 12.8. The highest BCUT2D eigenvalue weighted by molar-refractivity contribution is 5.85. The Balaban J connectivity index is 1.16. The third-order valence-electron chi connectivity index (χ3n) is 6.37. The lowest BCUT2D eigenvalue weighted by molar-refractivity contribution is -0.132. The van der Waals surface area contributed by atoms with Crippen molar-refractivity contribution in [3.63, 3.8) is 0 Å². The van der Waals surface area contributed by atoms with Crippen molar-refractivity contribution in [2.45, 2.75) is 31.6 Å². The summed E-state index contributed by atoms with van der Waals surface area (Å²) in [5.74, 6) is 2.83. The van der Waals surface area contributed by atoms with Gasteiger partial charge in [-0.15, -0.1) is 0 Å². The van der Waals surface area contributed by atoms with Crippen LogP contribution in [0.3, 0.4) is 0 Å². The SMILES string of the molecule is COc1ccc2[nH]cc(C3CCN(C(=O)CCc4ncc(-c5ccccc5)o4)CC3)c2c1. The van der Waals surface area contributed by atoms with Crippen molar-refractivity contribution >= 4 is 16.8 Å². The van der Waals surface area contributed by atoms with Crippen molar-refractivity contribution in [1.82, 2.24) is 14.9 Å². The zero-order chi connectivity index (χ0) is 21.9. The number of H-pyrrole nitrogens is 1. The molecule has 0 saturated carbocycles. The van der Waals surface area contributed by atoms with Gasteiger partial charge in [-0.1, -0.05) is 30.3 Å². The van der Waals surface area contributed by atoms with Crippen LogP contribution in [0.4, 0.5) is 0 Å². The average Bonchev–Trinajstić information content (AvgIpc) is 3.50. The maximum Gasteiger partial charge on any atom is 0.223 e. The minimum absolute atomic E-state index is 0.170. The lowest BCUT2D eigenvalue weighted by atomic mass is 9.89. The van der Waals surface area contributed by atoms with Gasteiger partial charge in [-0.2, -0.15) is 0 Å². The van der Waals surface area contributed by atoms with Crippen molar-refractivity contribution < 1.29 is 13.9 Å². The number of piperidine rings is 1. The second-order valence-electron chi connectivity index (χ2n) is 8.29. The molecule has 0 atom stereocenters. The highest BCUT2D eigenvalue weighted by Crippen LogP contribution is 2.35. The first-order valence-electron chi connectivity index (χ1n) is 11.1. The van der Waals surface area contributed by atoms with Crippen molar-refractivity contribution in [2.75, 3.05) is 20.2 Å². The molecule has 6 heteroatoms. The predicted molar refractivity (Wildman–Crippen MR) is 124 cm³/mol. The number of ether oxygens (including phenoxy) is 1. The second-order valence-corrected chi connectivity index (χ2v) is 8.29. The van der Waals surface area contributed by atoms with Crippen LogP contribution in [0.1, 0.15) is 36.6 Å². The van der Waals surface area contributed by atoms with E-state index in [0.29, 0.717) is 24.7 Å². The van der Waals surface area contributed by atoms with Gasteiger partial charge in [0.25, 0.3) is 0 Å². The Hall–Kier alpha value is -3.54.